The highest BCUT2D eigenvalue weighted by Gasteiger charge is 2.30. The van der Waals surface area contributed by atoms with E-state index in [0.717, 1.165) is 5.56 Å². The Morgan fingerprint density at radius 1 is 1.27 bits per heavy atom. The second-order valence-corrected chi connectivity index (χ2v) is 8.53. The van der Waals surface area contributed by atoms with E-state index in [2.05, 4.69) is 26.8 Å². The van der Waals surface area contributed by atoms with Gasteiger partial charge in [-0.2, -0.15) is 0 Å². The molecular formula is C24H21BrN2O5S. The first kappa shape index (κ1) is 24.4. The first-order valence-electron chi connectivity index (χ1n) is 9.85. The molecule has 9 heteroatoms. The number of carbonyl (C=O) groups is 2. The Balaban J connectivity index is 1.88. The number of rotatable bonds is 7. The smallest absolute Gasteiger partial charge is 0.337 e. The average molecular weight is 529 g/mol. The van der Waals surface area contributed by atoms with Crippen molar-refractivity contribution in [3.8, 4) is 23.8 Å². The van der Waals surface area contributed by atoms with Crippen LogP contribution in [0.3, 0.4) is 0 Å². The Morgan fingerprint density at radius 3 is 2.64 bits per heavy atom. The van der Waals surface area contributed by atoms with Gasteiger partial charge in [-0.05, 0) is 82.7 Å². The van der Waals surface area contributed by atoms with E-state index < -0.39 is 5.97 Å². The quantitative estimate of drug-likeness (QED) is 0.289. The minimum absolute atomic E-state index is 0.110. The van der Waals surface area contributed by atoms with Crippen LogP contribution in [0.1, 0.15) is 22.8 Å². The summed E-state index contributed by atoms with van der Waals surface area (Å²) >= 11 is 4.75. The van der Waals surface area contributed by atoms with Crippen LogP contribution in [0.2, 0.25) is 0 Å². The zero-order valence-electron chi connectivity index (χ0n) is 18.3. The lowest BCUT2D eigenvalue weighted by Gasteiger charge is -2.13. The molecule has 0 spiro atoms. The number of nitrogens with zero attached hydrogens (tertiary/aromatic N) is 2. The molecule has 1 fully saturated rings. The number of benzene rings is 2. The van der Waals surface area contributed by atoms with E-state index in [1.807, 2.05) is 13.0 Å². The molecule has 2 aromatic rings. The molecule has 0 atom stereocenters. The van der Waals surface area contributed by atoms with Gasteiger partial charge in [0.05, 0.1) is 34.3 Å². The number of thioether (sulfide) groups is 1. The van der Waals surface area contributed by atoms with Gasteiger partial charge in [0.2, 0.25) is 0 Å². The minimum Gasteiger partial charge on any atom is -0.490 e. The molecule has 33 heavy (non-hydrogen) atoms. The third-order valence-electron chi connectivity index (χ3n) is 4.45. The zero-order valence-corrected chi connectivity index (χ0v) is 20.7. The fourth-order valence-electron chi connectivity index (χ4n) is 2.89. The molecule has 0 aliphatic carbocycles. The third-order valence-corrected chi connectivity index (χ3v) is 6.10. The molecule has 1 aliphatic rings. The van der Waals surface area contributed by atoms with Crippen LogP contribution < -0.4 is 9.47 Å². The number of amidine groups is 1. The standard InChI is InChI=1S/C24H21BrN2O5S/c1-5-11-32-21-18(25)12-15(13-19(21)31-6-2)14-20-22(28)27(3)24(33-20)26-17-9-7-16(8-10-17)23(29)30-4/h1,7-10,12-14H,6,11H2,2-4H3. The van der Waals surface area contributed by atoms with E-state index in [4.69, 9.17) is 20.6 Å². The van der Waals surface area contributed by atoms with Crippen molar-refractivity contribution in [2.75, 3.05) is 27.4 Å². The first-order chi connectivity index (χ1) is 15.9. The Bertz CT molecular complexity index is 1170. The molecule has 3 rings (SSSR count). The van der Waals surface area contributed by atoms with Gasteiger partial charge in [0.1, 0.15) is 6.61 Å². The maximum Gasteiger partial charge on any atom is 0.337 e. The molecular weight excluding hydrogens is 508 g/mol. The van der Waals surface area contributed by atoms with E-state index >= 15 is 0 Å². The van der Waals surface area contributed by atoms with Gasteiger partial charge < -0.3 is 14.2 Å². The van der Waals surface area contributed by atoms with E-state index in [0.29, 0.717) is 43.9 Å². The molecule has 2 aromatic carbocycles. The molecule has 7 nitrogen and oxygen atoms in total. The van der Waals surface area contributed by atoms with Gasteiger partial charge in [-0.1, -0.05) is 5.92 Å². The van der Waals surface area contributed by atoms with Crippen LogP contribution in [0.25, 0.3) is 6.08 Å². The summed E-state index contributed by atoms with van der Waals surface area (Å²) in [4.78, 5) is 30.9. The summed E-state index contributed by atoms with van der Waals surface area (Å²) in [5.74, 6) is 2.87. The maximum absolute atomic E-state index is 12.8. The fourth-order valence-corrected chi connectivity index (χ4v) is 4.45. The Kier molecular flexibility index (Phi) is 8.20. The van der Waals surface area contributed by atoms with Crippen LogP contribution in [0, 0.1) is 12.3 Å². The normalized spacial score (nSPS) is 15.6. The lowest BCUT2D eigenvalue weighted by Crippen LogP contribution is -2.23. The second kappa shape index (κ2) is 11.1. The average Bonchev–Trinajstić information content (AvgIpc) is 3.06. The number of likely N-dealkylation sites (N-methyl/N-ethyl adjacent to an activating group) is 1. The van der Waals surface area contributed by atoms with Gasteiger partial charge in [-0.25, -0.2) is 9.79 Å². The lowest BCUT2D eigenvalue weighted by molar-refractivity contribution is -0.121. The highest BCUT2D eigenvalue weighted by molar-refractivity contribution is 9.10. The maximum atomic E-state index is 12.8. The zero-order chi connectivity index (χ0) is 24.0. The van der Waals surface area contributed by atoms with E-state index in [-0.39, 0.29) is 12.5 Å². The second-order valence-electron chi connectivity index (χ2n) is 6.66. The number of hydrogen-bond donors (Lipinski definition) is 0. The molecule has 0 N–H and O–H groups in total. The predicted octanol–water partition coefficient (Wildman–Crippen LogP) is 4.88. The molecule has 0 unspecified atom stereocenters. The Morgan fingerprint density at radius 2 is 2.00 bits per heavy atom. The molecule has 0 bridgehead atoms. The van der Waals surface area contributed by atoms with Crippen molar-refractivity contribution in [2.45, 2.75) is 6.92 Å². The summed E-state index contributed by atoms with van der Waals surface area (Å²) < 4.78 is 16.6. The van der Waals surface area contributed by atoms with Crippen molar-refractivity contribution in [1.29, 1.82) is 0 Å². The van der Waals surface area contributed by atoms with Crippen molar-refractivity contribution in [3.05, 3.63) is 56.9 Å². The summed E-state index contributed by atoms with van der Waals surface area (Å²) in [5, 5.41) is 0.523. The molecule has 0 saturated carbocycles. The van der Waals surface area contributed by atoms with Gasteiger partial charge in [-0.15, -0.1) is 6.42 Å². The fraction of sp³-hybridized carbons (Fsp3) is 0.208. The molecule has 170 valence electrons. The van der Waals surface area contributed by atoms with Crippen molar-refractivity contribution < 1.29 is 23.8 Å². The number of amides is 1. The van der Waals surface area contributed by atoms with Gasteiger partial charge in [-0.3, -0.25) is 9.69 Å². The number of halogens is 1. The monoisotopic (exact) mass is 528 g/mol. The summed E-state index contributed by atoms with van der Waals surface area (Å²) in [7, 11) is 2.99. The molecule has 1 heterocycles. The number of esters is 1. The molecule has 0 aromatic heterocycles. The highest BCUT2D eigenvalue weighted by atomic mass is 79.9. The largest absolute Gasteiger partial charge is 0.490 e. The minimum atomic E-state index is -0.421. The summed E-state index contributed by atoms with van der Waals surface area (Å²) in [6.45, 7) is 2.43. The van der Waals surface area contributed by atoms with Crippen LogP contribution in [0.15, 0.2) is 50.8 Å². The van der Waals surface area contributed by atoms with Crippen molar-refractivity contribution in [3.63, 3.8) is 0 Å². The summed E-state index contributed by atoms with van der Waals surface area (Å²) in [6, 6.07) is 10.3. The van der Waals surface area contributed by atoms with Gasteiger partial charge >= 0.3 is 5.97 Å². The van der Waals surface area contributed by atoms with Crippen molar-refractivity contribution >= 4 is 56.5 Å². The summed E-state index contributed by atoms with van der Waals surface area (Å²) in [5.41, 5.74) is 1.80. The van der Waals surface area contributed by atoms with Crippen LogP contribution in [0.5, 0.6) is 11.5 Å². The van der Waals surface area contributed by atoms with E-state index in [9.17, 15) is 9.59 Å². The van der Waals surface area contributed by atoms with Gasteiger partial charge in [0, 0.05) is 7.05 Å². The number of hydrogen-bond acceptors (Lipinski definition) is 7. The predicted molar refractivity (Wildman–Crippen MR) is 133 cm³/mol. The number of carbonyl (C=O) groups excluding carboxylic acids is 2. The Labute approximate surface area is 204 Å². The van der Waals surface area contributed by atoms with Crippen LogP contribution in [-0.2, 0) is 9.53 Å². The number of aliphatic imine (C=N–C) groups is 1. The molecule has 1 aliphatic heterocycles. The highest BCUT2D eigenvalue weighted by Crippen LogP contribution is 2.39. The molecule has 0 radical (unpaired) electrons. The van der Waals surface area contributed by atoms with Crippen LogP contribution in [0.4, 0.5) is 5.69 Å². The lowest BCUT2D eigenvalue weighted by atomic mass is 10.2. The SMILES string of the molecule is C#CCOc1c(Br)cc(C=C2SC(=Nc3ccc(C(=O)OC)cc3)N(C)C2=O)cc1OCC. The summed E-state index contributed by atoms with van der Waals surface area (Å²) in [6.07, 6.45) is 7.06. The van der Waals surface area contributed by atoms with Crippen LogP contribution >= 0.6 is 27.7 Å². The van der Waals surface area contributed by atoms with E-state index in [1.165, 1.54) is 23.8 Å². The van der Waals surface area contributed by atoms with Gasteiger partial charge in [0.25, 0.3) is 5.91 Å². The topological polar surface area (TPSA) is 77.4 Å². The number of terminal acetylenes is 1. The first-order valence-corrected chi connectivity index (χ1v) is 11.5. The van der Waals surface area contributed by atoms with Crippen LogP contribution in [-0.4, -0.2) is 49.3 Å². The third kappa shape index (κ3) is 5.78. The number of ether oxygens (including phenoxy) is 3. The van der Waals surface area contributed by atoms with Crippen molar-refractivity contribution in [1.82, 2.24) is 4.90 Å². The Hall–Kier alpha value is -3.22. The molecule has 1 amide bonds. The number of methoxy groups -OCH3 is 1. The van der Waals surface area contributed by atoms with E-state index in [1.54, 1.807) is 43.5 Å². The van der Waals surface area contributed by atoms with Crippen molar-refractivity contribution in [2.24, 2.45) is 4.99 Å². The molecule has 1 saturated heterocycles. The van der Waals surface area contributed by atoms with Gasteiger partial charge in [0.15, 0.2) is 16.7 Å².